The van der Waals surface area contributed by atoms with Crippen LogP contribution in [0.4, 0.5) is 5.82 Å². The number of nitrogens with zero attached hydrogens (tertiary/aromatic N) is 1. The standard InChI is InChI=1S/C17H21N3O3S/c1-4-10(2)20-16-14(17(22)19-20)15(24-9-13(21)18-16)11-7-5-6-8-12(11)23-3/h5-8,10,15H,4,9H2,1-3H3,(H,18,21)(H,19,22)/t10-,15+/m1/s1. The highest BCUT2D eigenvalue weighted by atomic mass is 32.2. The van der Waals surface area contributed by atoms with Crippen LogP contribution in [0.2, 0.25) is 0 Å². The molecule has 128 valence electrons. The molecule has 0 bridgehead atoms. The number of thioether (sulfide) groups is 1. The van der Waals surface area contributed by atoms with E-state index < -0.39 is 0 Å². The Bertz CT molecular complexity index is 812. The molecule has 0 saturated heterocycles. The van der Waals surface area contributed by atoms with Crippen molar-refractivity contribution in [3.63, 3.8) is 0 Å². The SMILES string of the molecule is CC[C@@H](C)n1[nH]c(=O)c2c1NC(=O)CS[C@H]2c1ccccc1OC. The average molecular weight is 347 g/mol. The molecule has 0 spiro atoms. The fourth-order valence-corrected chi connectivity index (χ4v) is 4.04. The molecule has 2 N–H and O–H groups in total. The summed E-state index contributed by atoms with van der Waals surface area (Å²) in [6.07, 6.45) is 0.847. The van der Waals surface area contributed by atoms with E-state index in [0.29, 0.717) is 17.1 Å². The average Bonchev–Trinajstić information content (AvgIpc) is 2.80. The number of para-hydroxylation sites is 1. The van der Waals surface area contributed by atoms with E-state index in [1.54, 1.807) is 11.8 Å². The second-order valence-electron chi connectivity index (χ2n) is 5.81. The van der Waals surface area contributed by atoms with E-state index in [1.165, 1.54) is 11.8 Å². The Morgan fingerprint density at radius 2 is 2.12 bits per heavy atom. The van der Waals surface area contributed by atoms with Gasteiger partial charge in [0, 0.05) is 11.6 Å². The Labute approximate surface area is 144 Å². The number of ether oxygens (including phenoxy) is 1. The number of carbonyl (C=O) groups excluding carboxylic acids is 1. The van der Waals surface area contributed by atoms with Gasteiger partial charge in [0.1, 0.15) is 11.6 Å². The zero-order valence-electron chi connectivity index (χ0n) is 14.0. The van der Waals surface area contributed by atoms with Crippen molar-refractivity contribution in [2.75, 3.05) is 18.2 Å². The third-order valence-corrected chi connectivity index (χ3v) is 5.57. The van der Waals surface area contributed by atoms with Crippen LogP contribution in [0.25, 0.3) is 0 Å². The molecule has 2 atom stereocenters. The van der Waals surface area contributed by atoms with Crippen LogP contribution in [0.15, 0.2) is 29.1 Å². The van der Waals surface area contributed by atoms with Gasteiger partial charge in [0.05, 0.1) is 23.7 Å². The first kappa shape index (κ1) is 16.7. The summed E-state index contributed by atoms with van der Waals surface area (Å²) in [7, 11) is 1.61. The van der Waals surface area contributed by atoms with Crippen molar-refractivity contribution in [2.24, 2.45) is 0 Å². The number of hydrogen-bond donors (Lipinski definition) is 2. The predicted molar refractivity (Wildman–Crippen MR) is 96.0 cm³/mol. The Hall–Kier alpha value is -2.15. The zero-order chi connectivity index (χ0) is 17.3. The van der Waals surface area contributed by atoms with Gasteiger partial charge in [0.25, 0.3) is 5.56 Å². The Kier molecular flexibility index (Phi) is 4.71. The molecule has 0 radical (unpaired) electrons. The van der Waals surface area contributed by atoms with Crippen molar-refractivity contribution in [2.45, 2.75) is 31.6 Å². The summed E-state index contributed by atoms with van der Waals surface area (Å²) in [6, 6.07) is 7.70. The first-order valence-corrected chi connectivity index (χ1v) is 9.00. The van der Waals surface area contributed by atoms with Gasteiger partial charge in [-0.2, -0.15) is 0 Å². The quantitative estimate of drug-likeness (QED) is 0.892. The van der Waals surface area contributed by atoms with Gasteiger partial charge in [-0.3, -0.25) is 19.4 Å². The summed E-state index contributed by atoms with van der Waals surface area (Å²) in [5.74, 6) is 1.47. The molecule has 1 aliphatic heterocycles. The van der Waals surface area contributed by atoms with Crippen LogP contribution < -0.4 is 15.6 Å². The molecule has 1 amide bonds. The third-order valence-electron chi connectivity index (χ3n) is 4.32. The van der Waals surface area contributed by atoms with Crippen LogP contribution in [-0.4, -0.2) is 28.6 Å². The molecule has 1 aliphatic rings. The summed E-state index contributed by atoms with van der Waals surface area (Å²) >= 11 is 1.44. The minimum absolute atomic E-state index is 0.0863. The molecule has 6 nitrogen and oxygen atoms in total. The molecule has 2 heterocycles. The number of H-pyrrole nitrogens is 1. The molecular weight excluding hydrogens is 326 g/mol. The molecule has 3 rings (SSSR count). The van der Waals surface area contributed by atoms with Crippen LogP contribution in [-0.2, 0) is 4.79 Å². The van der Waals surface area contributed by atoms with Gasteiger partial charge < -0.3 is 10.1 Å². The summed E-state index contributed by atoms with van der Waals surface area (Å²) in [5.41, 5.74) is 1.31. The van der Waals surface area contributed by atoms with E-state index in [9.17, 15) is 9.59 Å². The topological polar surface area (TPSA) is 76.1 Å². The number of fused-ring (bicyclic) bond motifs is 1. The smallest absolute Gasteiger partial charge is 0.270 e. The van der Waals surface area contributed by atoms with Crippen molar-refractivity contribution >= 4 is 23.5 Å². The first-order chi connectivity index (χ1) is 11.6. The van der Waals surface area contributed by atoms with Crippen LogP contribution in [0.1, 0.15) is 42.7 Å². The maximum Gasteiger partial charge on any atom is 0.270 e. The van der Waals surface area contributed by atoms with E-state index in [2.05, 4.69) is 10.4 Å². The molecule has 1 aromatic carbocycles. The van der Waals surface area contributed by atoms with E-state index in [1.807, 2.05) is 38.1 Å². The molecule has 7 heteroatoms. The van der Waals surface area contributed by atoms with E-state index in [4.69, 9.17) is 4.74 Å². The third kappa shape index (κ3) is 2.84. The Morgan fingerprint density at radius 1 is 1.38 bits per heavy atom. The van der Waals surface area contributed by atoms with E-state index in [0.717, 1.165) is 12.0 Å². The number of benzene rings is 1. The number of carbonyl (C=O) groups is 1. The number of aromatic nitrogens is 2. The van der Waals surface area contributed by atoms with Crippen molar-refractivity contribution in [1.29, 1.82) is 0 Å². The molecule has 0 unspecified atom stereocenters. The van der Waals surface area contributed by atoms with Crippen molar-refractivity contribution in [3.05, 3.63) is 45.7 Å². The second-order valence-corrected chi connectivity index (χ2v) is 6.91. The Balaban J connectivity index is 2.20. The largest absolute Gasteiger partial charge is 0.496 e. The number of anilines is 1. The minimum Gasteiger partial charge on any atom is -0.496 e. The van der Waals surface area contributed by atoms with Gasteiger partial charge >= 0.3 is 0 Å². The second kappa shape index (κ2) is 6.76. The van der Waals surface area contributed by atoms with E-state index in [-0.39, 0.29) is 28.5 Å². The summed E-state index contributed by atoms with van der Waals surface area (Å²) in [5, 5.41) is 5.52. The van der Waals surface area contributed by atoms with Gasteiger partial charge in [-0.1, -0.05) is 25.1 Å². The van der Waals surface area contributed by atoms with Crippen LogP contribution in [0, 0.1) is 0 Å². The zero-order valence-corrected chi connectivity index (χ0v) is 14.8. The molecule has 24 heavy (non-hydrogen) atoms. The lowest BCUT2D eigenvalue weighted by Gasteiger charge is -2.18. The summed E-state index contributed by atoms with van der Waals surface area (Å²) in [4.78, 5) is 24.8. The molecule has 0 saturated carbocycles. The maximum absolute atomic E-state index is 12.7. The molecule has 0 aliphatic carbocycles. The predicted octanol–water partition coefficient (Wildman–Crippen LogP) is 2.93. The highest BCUT2D eigenvalue weighted by molar-refractivity contribution is 8.00. The lowest BCUT2D eigenvalue weighted by molar-refractivity contribution is -0.113. The number of hydrogen-bond acceptors (Lipinski definition) is 4. The monoisotopic (exact) mass is 347 g/mol. The van der Waals surface area contributed by atoms with E-state index >= 15 is 0 Å². The van der Waals surface area contributed by atoms with Gasteiger partial charge in [-0.05, 0) is 19.4 Å². The van der Waals surface area contributed by atoms with Crippen molar-refractivity contribution < 1.29 is 9.53 Å². The molecular formula is C17H21N3O3S. The number of rotatable bonds is 4. The van der Waals surface area contributed by atoms with Crippen LogP contribution in [0.3, 0.4) is 0 Å². The first-order valence-electron chi connectivity index (χ1n) is 7.95. The number of aromatic amines is 1. The highest BCUT2D eigenvalue weighted by Gasteiger charge is 2.32. The Morgan fingerprint density at radius 3 is 2.83 bits per heavy atom. The maximum atomic E-state index is 12.7. The molecule has 2 aromatic rings. The number of nitrogens with one attached hydrogen (secondary N) is 2. The van der Waals surface area contributed by atoms with Crippen LogP contribution in [0.5, 0.6) is 5.75 Å². The lowest BCUT2D eigenvalue weighted by Crippen LogP contribution is -2.18. The summed E-state index contributed by atoms with van der Waals surface area (Å²) < 4.78 is 7.23. The molecule has 0 fully saturated rings. The van der Waals surface area contributed by atoms with Gasteiger partial charge in [-0.15, -0.1) is 11.8 Å². The fourth-order valence-electron chi connectivity index (χ4n) is 2.89. The normalized spacial score (nSPS) is 18.5. The summed E-state index contributed by atoms with van der Waals surface area (Å²) in [6.45, 7) is 4.05. The number of amides is 1. The minimum atomic E-state index is -0.260. The number of methoxy groups -OCH3 is 1. The highest BCUT2D eigenvalue weighted by Crippen LogP contribution is 2.43. The molecule has 1 aromatic heterocycles. The van der Waals surface area contributed by atoms with Crippen LogP contribution >= 0.6 is 11.8 Å². The van der Waals surface area contributed by atoms with Crippen molar-refractivity contribution in [1.82, 2.24) is 9.78 Å². The van der Waals surface area contributed by atoms with Gasteiger partial charge in [-0.25, -0.2) is 0 Å². The van der Waals surface area contributed by atoms with Crippen molar-refractivity contribution in [3.8, 4) is 5.75 Å². The van der Waals surface area contributed by atoms with Gasteiger partial charge in [0.2, 0.25) is 5.91 Å². The fraction of sp³-hybridized carbons (Fsp3) is 0.412. The lowest BCUT2D eigenvalue weighted by atomic mass is 10.0. The van der Waals surface area contributed by atoms with Gasteiger partial charge in [0.15, 0.2) is 0 Å².